The van der Waals surface area contributed by atoms with Gasteiger partial charge in [0, 0.05) is 12.1 Å². The van der Waals surface area contributed by atoms with Gasteiger partial charge in [-0.2, -0.15) is 0 Å². The lowest BCUT2D eigenvalue weighted by molar-refractivity contribution is -0.897. The molecule has 1 saturated heterocycles. The number of piperazine rings is 1. The van der Waals surface area contributed by atoms with Gasteiger partial charge in [-0.25, -0.2) is 0 Å². The van der Waals surface area contributed by atoms with Gasteiger partial charge in [0.2, 0.25) is 0 Å². The number of nitro groups is 1. The Bertz CT molecular complexity index is 868. The van der Waals surface area contributed by atoms with Crippen molar-refractivity contribution in [3.8, 4) is 0 Å². The molecule has 0 spiro atoms. The number of rotatable bonds is 5. The van der Waals surface area contributed by atoms with E-state index in [-0.39, 0.29) is 5.69 Å². The van der Waals surface area contributed by atoms with Crippen LogP contribution in [-0.4, -0.2) is 47.7 Å². The Hall–Kier alpha value is -2.48. The third-order valence-electron chi connectivity index (χ3n) is 4.68. The fourth-order valence-corrected chi connectivity index (χ4v) is 3.53. The molecular formula is C20H22ClN4O2S+. The number of thiocarbonyl (C=S) groups is 1. The molecule has 1 aliphatic rings. The molecule has 0 unspecified atom stereocenters. The number of nitrogens with one attached hydrogen (secondary N) is 2. The second-order valence-corrected chi connectivity index (χ2v) is 7.40. The molecule has 1 fully saturated rings. The molecule has 2 aromatic carbocycles. The van der Waals surface area contributed by atoms with Gasteiger partial charge in [-0.3, -0.25) is 10.1 Å². The van der Waals surface area contributed by atoms with Gasteiger partial charge >= 0.3 is 0 Å². The summed E-state index contributed by atoms with van der Waals surface area (Å²) in [6, 6.07) is 14.6. The van der Waals surface area contributed by atoms with E-state index in [0.29, 0.717) is 15.8 Å². The van der Waals surface area contributed by atoms with Crippen LogP contribution in [0.5, 0.6) is 0 Å². The second kappa shape index (κ2) is 9.64. The minimum Gasteiger partial charge on any atom is -0.338 e. The topological polar surface area (TPSA) is 62.9 Å². The van der Waals surface area contributed by atoms with Crippen LogP contribution in [0.1, 0.15) is 5.56 Å². The molecule has 1 heterocycles. The zero-order chi connectivity index (χ0) is 19.9. The molecule has 2 aromatic rings. The van der Waals surface area contributed by atoms with Crippen LogP contribution in [0.25, 0.3) is 6.08 Å². The Balaban J connectivity index is 1.49. The molecule has 28 heavy (non-hydrogen) atoms. The molecule has 0 bridgehead atoms. The van der Waals surface area contributed by atoms with E-state index in [1.807, 2.05) is 18.2 Å². The quantitative estimate of drug-likeness (QED) is 0.445. The van der Waals surface area contributed by atoms with Crippen LogP contribution in [-0.2, 0) is 0 Å². The highest BCUT2D eigenvalue weighted by molar-refractivity contribution is 7.80. The van der Waals surface area contributed by atoms with Crippen LogP contribution in [0.15, 0.2) is 54.6 Å². The maximum atomic E-state index is 10.9. The Labute approximate surface area is 174 Å². The van der Waals surface area contributed by atoms with Crippen LogP contribution >= 0.6 is 23.8 Å². The van der Waals surface area contributed by atoms with Crippen molar-refractivity contribution in [1.82, 2.24) is 4.90 Å². The number of halogens is 1. The molecule has 0 atom stereocenters. The molecular weight excluding hydrogens is 396 g/mol. The van der Waals surface area contributed by atoms with Crippen LogP contribution in [0.2, 0.25) is 5.02 Å². The molecule has 146 valence electrons. The summed E-state index contributed by atoms with van der Waals surface area (Å²) in [5, 5.41) is 14.9. The van der Waals surface area contributed by atoms with Crippen LogP contribution in [0.4, 0.5) is 11.4 Å². The van der Waals surface area contributed by atoms with E-state index < -0.39 is 4.92 Å². The number of quaternary nitrogens is 1. The maximum Gasteiger partial charge on any atom is 0.271 e. The van der Waals surface area contributed by atoms with Crippen molar-refractivity contribution in [3.63, 3.8) is 0 Å². The summed E-state index contributed by atoms with van der Waals surface area (Å²) in [5.74, 6) is 0. The van der Waals surface area contributed by atoms with E-state index in [1.165, 1.54) is 28.7 Å². The number of nitrogens with zero attached hydrogens (tertiary/aromatic N) is 2. The monoisotopic (exact) mass is 417 g/mol. The first-order valence-corrected chi connectivity index (χ1v) is 9.86. The number of hydrogen-bond donors (Lipinski definition) is 2. The average Bonchev–Trinajstić information content (AvgIpc) is 2.70. The van der Waals surface area contributed by atoms with E-state index in [9.17, 15) is 10.1 Å². The van der Waals surface area contributed by atoms with E-state index in [0.717, 1.165) is 32.7 Å². The fourth-order valence-electron chi connectivity index (χ4n) is 3.07. The normalized spacial score (nSPS) is 15.0. The molecule has 1 aliphatic heterocycles. The van der Waals surface area contributed by atoms with Crippen molar-refractivity contribution in [2.45, 2.75) is 0 Å². The standard InChI is InChI=1S/C20H21ClN4O2S/c21-18-9-8-17(25(26)27)15-19(18)22-20(28)24-13-11-23(12-14-24)10-4-7-16-5-2-1-3-6-16/h1-9,15H,10-14H2,(H,22,28)/p+1/b7-4+. The summed E-state index contributed by atoms with van der Waals surface area (Å²) in [7, 11) is 0. The smallest absolute Gasteiger partial charge is 0.271 e. The van der Waals surface area contributed by atoms with Gasteiger partial charge < -0.3 is 15.1 Å². The highest BCUT2D eigenvalue weighted by atomic mass is 35.5. The second-order valence-electron chi connectivity index (χ2n) is 6.61. The van der Waals surface area contributed by atoms with Crippen molar-refractivity contribution in [1.29, 1.82) is 0 Å². The lowest BCUT2D eigenvalue weighted by Crippen LogP contribution is -3.14. The molecule has 0 aromatic heterocycles. The van der Waals surface area contributed by atoms with Crippen molar-refractivity contribution in [3.05, 3.63) is 75.3 Å². The van der Waals surface area contributed by atoms with Gasteiger partial charge in [0.15, 0.2) is 5.11 Å². The molecule has 6 nitrogen and oxygen atoms in total. The summed E-state index contributed by atoms with van der Waals surface area (Å²) >= 11 is 11.6. The first kappa shape index (κ1) is 20.3. The Morgan fingerprint density at radius 3 is 2.64 bits per heavy atom. The summed E-state index contributed by atoms with van der Waals surface area (Å²) in [5.41, 5.74) is 1.65. The number of nitro benzene ring substituents is 1. The maximum absolute atomic E-state index is 10.9. The Kier molecular flexibility index (Phi) is 6.97. The number of anilines is 1. The average molecular weight is 418 g/mol. The third-order valence-corrected chi connectivity index (χ3v) is 5.37. The number of non-ortho nitro benzene ring substituents is 1. The van der Waals surface area contributed by atoms with E-state index in [4.69, 9.17) is 23.8 Å². The summed E-state index contributed by atoms with van der Waals surface area (Å²) in [6.45, 7) is 4.58. The molecule has 2 N–H and O–H groups in total. The van der Waals surface area contributed by atoms with Gasteiger partial charge in [0.05, 0.1) is 48.4 Å². The van der Waals surface area contributed by atoms with E-state index in [2.05, 4.69) is 34.5 Å². The molecule has 0 saturated carbocycles. The molecule has 0 amide bonds. The summed E-state index contributed by atoms with van der Waals surface area (Å²) < 4.78 is 0. The van der Waals surface area contributed by atoms with E-state index >= 15 is 0 Å². The van der Waals surface area contributed by atoms with Crippen molar-refractivity contribution < 1.29 is 9.82 Å². The predicted molar refractivity (Wildman–Crippen MR) is 117 cm³/mol. The van der Waals surface area contributed by atoms with Gasteiger partial charge in [-0.05, 0) is 29.9 Å². The predicted octanol–water partition coefficient (Wildman–Crippen LogP) is 2.86. The molecule has 0 aliphatic carbocycles. The lowest BCUT2D eigenvalue weighted by atomic mass is 10.2. The van der Waals surface area contributed by atoms with Gasteiger partial charge in [0.25, 0.3) is 5.69 Å². The summed E-state index contributed by atoms with van der Waals surface area (Å²) in [6.07, 6.45) is 4.36. The number of hydrogen-bond acceptors (Lipinski definition) is 3. The highest BCUT2D eigenvalue weighted by Crippen LogP contribution is 2.26. The van der Waals surface area contributed by atoms with Gasteiger partial charge in [-0.1, -0.05) is 48.0 Å². The van der Waals surface area contributed by atoms with Crippen LogP contribution in [0.3, 0.4) is 0 Å². The van der Waals surface area contributed by atoms with Crippen LogP contribution in [0, 0.1) is 10.1 Å². The minimum atomic E-state index is -0.449. The number of benzene rings is 2. The third kappa shape index (κ3) is 5.51. The zero-order valence-electron chi connectivity index (χ0n) is 15.3. The fraction of sp³-hybridized carbons (Fsp3) is 0.250. The minimum absolute atomic E-state index is 0.0193. The Morgan fingerprint density at radius 2 is 1.96 bits per heavy atom. The first-order valence-electron chi connectivity index (χ1n) is 9.08. The molecule has 3 rings (SSSR count). The molecule has 0 radical (unpaired) electrons. The SMILES string of the molecule is O=[N+]([O-])c1ccc(Cl)c(NC(=S)N2CC[NH+](C/C=C/c3ccccc3)CC2)c1. The van der Waals surface area contributed by atoms with E-state index in [1.54, 1.807) is 0 Å². The van der Waals surface area contributed by atoms with Crippen molar-refractivity contribution in [2.24, 2.45) is 0 Å². The van der Waals surface area contributed by atoms with Gasteiger partial charge in [0.1, 0.15) is 0 Å². The van der Waals surface area contributed by atoms with Gasteiger partial charge in [-0.15, -0.1) is 0 Å². The highest BCUT2D eigenvalue weighted by Gasteiger charge is 2.21. The Morgan fingerprint density at radius 1 is 1.25 bits per heavy atom. The molecule has 8 heteroatoms. The largest absolute Gasteiger partial charge is 0.338 e. The zero-order valence-corrected chi connectivity index (χ0v) is 16.9. The van der Waals surface area contributed by atoms with Crippen molar-refractivity contribution in [2.75, 3.05) is 38.0 Å². The lowest BCUT2D eigenvalue weighted by Gasteiger charge is -2.33. The van der Waals surface area contributed by atoms with Crippen molar-refractivity contribution >= 4 is 46.4 Å². The first-order chi connectivity index (χ1) is 13.5. The van der Waals surface area contributed by atoms with Crippen LogP contribution < -0.4 is 10.2 Å². The summed E-state index contributed by atoms with van der Waals surface area (Å²) in [4.78, 5) is 14.1.